The first kappa shape index (κ1) is 19.0. The summed E-state index contributed by atoms with van der Waals surface area (Å²) in [6.07, 6.45) is 3.41. The molecule has 0 radical (unpaired) electrons. The largest absolute Gasteiger partial charge is 0.345 e. The molecule has 2 rings (SSSR count). The first-order valence-corrected chi connectivity index (χ1v) is 9.70. The van der Waals surface area contributed by atoms with Crippen LogP contribution in [0.15, 0.2) is 17.2 Å². The Kier molecular flexibility index (Phi) is 5.41. The minimum Gasteiger partial charge on any atom is -0.345 e. The predicted molar refractivity (Wildman–Crippen MR) is 93.2 cm³/mol. The molecule has 1 aromatic rings. The maximum Gasteiger partial charge on any atom is 0.268 e. The Morgan fingerprint density at radius 1 is 1.46 bits per heavy atom. The molecule has 1 saturated heterocycles. The highest BCUT2D eigenvalue weighted by atomic mass is 32.2. The number of carbonyl (C=O) groups excluding carboxylic acids is 1. The van der Waals surface area contributed by atoms with Crippen LogP contribution in [0, 0.1) is 5.92 Å². The Labute approximate surface area is 144 Å². The number of rotatable bonds is 5. The molecule has 2 heterocycles. The highest BCUT2D eigenvalue weighted by Crippen LogP contribution is 2.24. The fourth-order valence-electron chi connectivity index (χ4n) is 2.84. The molecule has 1 unspecified atom stereocenters. The number of amides is 1. The summed E-state index contributed by atoms with van der Waals surface area (Å²) in [5.74, 6) is 0.0202. The molecule has 1 amide bonds. The number of carbonyl (C=O) groups is 1. The van der Waals surface area contributed by atoms with Gasteiger partial charge in [-0.2, -0.15) is 4.31 Å². The second kappa shape index (κ2) is 6.85. The molecule has 24 heavy (non-hydrogen) atoms. The van der Waals surface area contributed by atoms with E-state index in [4.69, 9.17) is 5.73 Å². The number of sulfonamides is 1. The Hall–Kier alpha value is -1.38. The van der Waals surface area contributed by atoms with Crippen molar-refractivity contribution in [2.24, 2.45) is 18.7 Å². The van der Waals surface area contributed by atoms with Crippen LogP contribution in [0.1, 0.15) is 44.1 Å². The number of nitrogens with zero attached hydrogens (tertiary/aromatic N) is 2. The second-order valence-corrected chi connectivity index (χ2v) is 9.26. The average Bonchev–Trinajstić information content (AvgIpc) is 2.89. The number of hydrogen-bond acceptors (Lipinski definition) is 4. The van der Waals surface area contributed by atoms with Gasteiger partial charge in [-0.1, -0.05) is 6.92 Å². The van der Waals surface area contributed by atoms with Crippen molar-refractivity contribution < 1.29 is 13.2 Å². The maximum absolute atomic E-state index is 12.8. The molecule has 0 aromatic carbocycles. The summed E-state index contributed by atoms with van der Waals surface area (Å²) < 4.78 is 28.7. The van der Waals surface area contributed by atoms with Gasteiger partial charge in [-0.15, -0.1) is 0 Å². The molecule has 136 valence electrons. The Bertz CT molecular complexity index is 709. The Morgan fingerprint density at radius 3 is 2.71 bits per heavy atom. The van der Waals surface area contributed by atoms with Crippen molar-refractivity contribution in [2.45, 2.75) is 44.0 Å². The fourth-order valence-corrected chi connectivity index (χ4v) is 4.51. The SMILES string of the molecule is CC1CCCN(S(=O)(=O)c2cc(C(=O)NC(C)(C)CN)n(C)c2)C1. The number of aromatic nitrogens is 1. The van der Waals surface area contributed by atoms with Gasteiger partial charge in [-0.3, -0.25) is 4.79 Å². The van der Waals surface area contributed by atoms with Gasteiger partial charge in [-0.05, 0) is 38.7 Å². The van der Waals surface area contributed by atoms with E-state index in [1.54, 1.807) is 11.6 Å². The summed E-state index contributed by atoms with van der Waals surface area (Å²) in [4.78, 5) is 12.6. The van der Waals surface area contributed by atoms with E-state index in [9.17, 15) is 13.2 Å². The van der Waals surface area contributed by atoms with Crippen molar-refractivity contribution in [3.8, 4) is 0 Å². The summed E-state index contributed by atoms with van der Waals surface area (Å²) in [7, 11) is -1.90. The average molecular weight is 356 g/mol. The Morgan fingerprint density at radius 2 is 2.12 bits per heavy atom. The zero-order chi connectivity index (χ0) is 18.1. The lowest BCUT2D eigenvalue weighted by atomic mass is 10.0. The molecular weight excluding hydrogens is 328 g/mol. The summed E-state index contributed by atoms with van der Waals surface area (Å²) in [6, 6.07) is 1.44. The van der Waals surface area contributed by atoms with E-state index in [2.05, 4.69) is 12.2 Å². The molecule has 1 aliphatic rings. The fraction of sp³-hybridized carbons (Fsp3) is 0.688. The third kappa shape index (κ3) is 3.99. The molecule has 8 heteroatoms. The van der Waals surface area contributed by atoms with Crippen molar-refractivity contribution >= 4 is 15.9 Å². The molecule has 0 saturated carbocycles. The monoisotopic (exact) mass is 356 g/mol. The van der Waals surface area contributed by atoms with Gasteiger partial charge in [0.05, 0.1) is 0 Å². The van der Waals surface area contributed by atoms with Crippen LogP contribution >= 0.6 is 0 Å². The van der Waals surface area contributed by atoms with Gasteiger partial charge in [0.25, 0.3) is 5.91 Å². The first-order valence-electron chi connectivity index (χ1n) is 8.26. The smallest absolute Gasteiger partial charge is 0.268 e. The maximum atomic E-state index is 12.8. The summed E-state index contributed by atoms with van der Waals surface area (Å²) in [5, 5.41) is 2.82. The highest BCUT2D eigenvalue weighted by molar-refractivity contribution is 7.89. The van der Waals surface area contributed by atoms with E-state index in [-0.39, 0.29) is 10.8 Å². The van der Waals surface area contributed by atoms with Crippen LogP contribution in [-0.2, 0) is 17.1 Å². The zero-order valence-electron chi connectivity index (χ0n) is 14.9. The number of aryl methyl sites for hydroxylation is 1. The van der Waals surface area contributed by atoms with Gasteiger partial charge in [0.1, 0.15) is 10.6 Å². The molecule has 7 nitrogen and oxygen atoms in total. The lowest BCUT2D eigenvalue weighted by molar-refractivity contribution is 0.0907. The van der Waals surface area contributed by atoms with E-state index in [0.29, 0.717) is 31.2 Å². The van der Waals surface area contributed by atoms with Crippen molar-refractivity contribution in [1.29, 1.82) is 0 Å². The van der Waals surface area contributed by atoms with E-state index in [0.717, 1.165) is 12.8 Å². The molecule has 1 aliphatic heterocycles. The second-order valence-electron chi connectivity index (χ2n) is 7.32. The van der Waals surface area contributed by atoms with E-state index in [1.165, 1.54) is 16.6 Å². The normalized spacial score (nSPS) is 20.1. The van der Waals surface area contributed by atoms with Gasteiger partial charge < -0.3 is 15.6 Å². The van der Waals surface area contributed by atoms with E-state index in [1.807, 2.05) is 13.8 Å². The number of hydrogen-bond donors (Lipinski definition) is 2. The Balaban J connectivity index is 2.26. The van der Waals surface area contributed by atoms with Crippen molar-refractivity contribution in [3.63, 3.8) is 0 Å². The van der Waals surface area contributed by atoms with Crippen molar-refractivity contribution in [3.05, 3.63) is 18.0 Å². The van der Waals surface area contributed by atoms with Crippen LogP contribution in [0.3, 0.4) is 0 Å². The van der Waals surface area contributed by atoms with Crippen LogP contribution in [0.5, 0.6) is 0 Å². The standard InChI is InChI=1S/C16H28N4O3S/c1-12-6-5-7-20(9-12)24(22,23)13-8-14(19(4)10-13)15(21)18-16(2,3)11-17/h8,10,12H,5-7,9,11,17H2,1-4H3,(H,18,21). The summed E-state index contributed by atoms with van der Waals surface area (Å²) in [6.45, 7) is 7.05. The minimum atomic E-state index is -3.57. The van der Waals surface area contributed by atoms with Gasteiger partial charge in [-0.25, -0.2) is 8.42 Å². The summed E-state index contributed by atoms with van der Waals surface area (Å²) >= 11 is 0. The van der Waals surface area contributed by atoms with Gasteiger partial charge in [0, 0.05) is 38.4 Å². The number of piperidine rings is 1. The lowest BCUT2D eigenvalue weighted by Crippen LogP contribution is -2.49. The molecule has 1 aromatic heterocycles. The lowest BCUT2D eigenvalue weighted by Gasteiger charge is -2.29. The number of nitrogens with two attached hydrogens (primary N) is 1. The molecule has 0 spiro atoms. The summed E-state index contributed by atoms with van der Waals surface area (Å²) in [5.41, 5.74) is 5.38. The van der Waals surface area contributed by atoms with Gasteiger partial charge >= 0.3 is 0 Å². The number of nitrogens with one attached hydrogen (secondary N) is 1. The molecule has 1 atom stereocenters. The quantitative estimate of drug-likeness (QED) is 0.819. The van der Waals surface area contributed by atoms with E-state index < -0.39 is 15.6 Å². The third-order valence-corrected chi connectivity index (χ3v) is 6.26. The third-order valence-electron chi connectivity index (χ3n) is 4.43. The predicted octanol–water partition coefficient (Wildman–Crippen LogP) is 0.913. The topological polar surface area (TPSA) is 97.4 Å². The van der Waals surface area contributed by atoms with Crippen LogP contribution in [0.2, 0.25) is 0 Å². The van der Waals surface area contributed by atoms with E-state index >= 15 is 0 Å². The zero-order valence-corrected chi connectivity index (χ0v) is 15.7. The van der Waals surface area contributed by atoms with Crippen LogP contribution in [-0.4, -0.2) is 48.4 Å². The van der Waals surface area contributed by atoms with Gasteiger partial charge in [0.2, 0.25) is 10.0 Å². The molecule has 0 aliphatic carbocycles. The highest BCUT2D eigenvalue weighted by Gasteiger charge is 2.31. The van der Waals surface area contributed by atoms with Crippen LogP contribution < -0.4 is 11.1 Å². The minimum absolute atomic E-state index is 0.162. The first-order chi connectivity index (χ1) is 11.1. The molecule has 3 N–H and O–H groups in total. The van der Waals surface area contributed by atoms with Crippen LogP contribution in [0.25, 0.3) is 0 Å². The van der Waals surface area contributed by atoms with Crippen molar-refractivity contribution in [2.75, 3.05) is 19.6 Å². The molecule has 1 fully saturated rings. The van der Waals surface area contributed by atoms with Crippen LogP contribution in [0.4, 0.5) is 0 Å². The molecular formula is C16H28N4O3S. The molecule has 0 bridgehead atoms. The van der Waals surface area contributed by atoms with Crippen molar-refractivity contribution in [1.82, 2.24) is 14.2 Å². The van der Waals surface area contributed by atoms with Gasteiger partial charge in [0.15, 0.2) is 0 Å².